The summed E-state index contributed by atoms with van der Waals surface area (Å²) in [5.41, 5.74) is 1.20. The van der Waals surface area contributed by atoms with Crippen LogP contribution in [0.25, 0.3) is 0 Å². The van der Waals surface area contributed by atoms with Gasteiger partial charge in [-0.25, -0.2) is 0 Å². The van der Waals surface area contributed by atoms with Crippen LogP contribution in [-0.2, 0) is 9.59 Å². The molecular formula is C15H14N2O4. The summed E-state index contributed by atoms with van der Waals surface area (Å²) in [5, 5.41) is 23.6. The molecule has 0 saturated heterocycles. The molecule has 0 heterocycles. The smallest absolute Gasteiger partial charge is 0.314 e. The van der Waals surface area contributed by atoms with E-state index in [0.717, 1.165) is 0 Å². The van der Waals surface area contributed by atoms with E-state index in [2.05, 4.69) is 10.6 Å². The van der Waals surface area contributed by atoms with Gasteiger partial charge in [-0.05, 0) is 42.8 Å². The van der Waals surface area contributed by atoms with Crippen LogP contribution in [0.2, 0.25) is 0 Å². The molecule has 6 nitrogen and oxygen atoms in total. The number of carbonyl (C=O) groups is 2. The lowest BCUT2D eigenvalue weighted by Gasteiger charge is -2.09. The number of phenolic OH excluding ortho intramolecular Hbond substituents is 2. The van der Waals surface area contributed by atoms with Crippen LogP contribution in [0, 0.1) is 6.92 Å². The number of hydrogen-bond acceptors (Lipinski definition) is 4. The van der Waals surface area contributed by atoms with Gasteiger partial charge in [-0.15, -0.1) is 0 Å². The fourth-order valence-electron chi connectivity index (χ4n) is 1.73. The number of benzene rings is 2. The van der Waals surface area contributed by atoms with Crippen LogP contribution in [-0.4, -0.2) is 22.0 Å². The number of rotatable bonds is 2. The Kier molecular flexibility index (Phi) is 4.08. The van der Waals surface area contributed by atoms with Gasteiger partial charge in [0.05, 0.1) is 5.69 Å². The number of aromatic hydroxyl groups is 2. The molecule has 6 heteroatoms. The SMILES string of the molecule is Cc1cc(O)ccc1NC(=O)C(=O)Nc1ccccc1O. The van der Waals surface area contributed by atoms with Crippen molar-refractivity contribution in [3.63, 3.8) is 0 Å². The van der Waals surface area contributed by atoms with E-state index >= 15 is 0 Å². The lowest BCUT2D eigenvalue weighted by molar-refractivity contribution is -0.133. The third-order valence-electron chi connectivity index (χ3n) is 2.82. The molecule has 0 bridgehead atoms. The second kappa shape index (κ2) is 5.96. The van der Waals surface area contributed by atoms with E-state index in [1.54, 1.807) is 19.1 Å². The minimum absolute atomic E-state index is 0.0733. The van der Waals surface area contributed by atoms with Crippen molar-refractivity contribution in [3.8, 4) is 11.5 Å². The first-order valence-corrected chi connectivity index (χ1v) is 6.17. The predicted molar refractivity (Wildman–Crippen MR) is 78.2 cm³/mol. The number of anilines is 2. The summed E-state index contributed by atoms with van der Waals surface area (Å²) in [6.07, 6.45) is 0. The number of carbonyl (C=O) groups excluding carboxylic acids is 2. The molecule has 0 radical (unpaired) electrons. The van der Waals surface area contributed by atoms with E-state index in [1.165, 1.54) is 30.3 Å². The molecule has 0 spiro atoms. The first-order valence-electron chi connectivity index (χ1n) is 6.17. The molecular weight excluding hydrogens is 272 g/mol. The highest BCUT2D eigenvalue weighted by atomic mass is 16.3. The standard InChI is InChI=1S/C15H14N2O4/c1-9-8-10(18)6-7-11(9)16-14(20)15(21)17-12-4-2-3-5-13(12)19/h2-8,18-19H,1H3,(H,16,20)(H,17,21). The Hall–Kier alpha value is -3.02. The summed E-state index contributed by atoms with van der Waals surface area (Å²) in [6.45, 7) is 1.69. The quantitative estimate of drug-likeness (QED) is 0.385. The zero-order valence-corrected chi connectivity index (χ0v) is 11.3. The molecule has 2 rings (SSSR count). The van der Waals surface area contributed by atoms with E-state index < -0.39 is 11.8 Å². The fraction of sp³-hybridized carbons (Fsp3) is 0.0667. The van der Waals surface area contributed by atoms with Gasteiger partial charge in [-0.2, -0.15) is 0 Å². The van der Waals surface area contributed by atoms with Crippen molar-refractivity contribution >= 4 is 23.2 Å². The van der Waals surface area contributed by atoms with E-state index in [1.807, 2.05) is 0 Å². The van der Waals surface area contributed by atoms with Crippen LogP contribution in [0.1, 0.15) is 5.56 Å². The minimum Gasteiger partial charge on any atom is -0.508 e. The zero-order valence-electron chi connectivity index (χ0n) is 11.3. The topological polar surface area (TPSA) is 98.7 Å². The average Bonchev–Trinajstić information content (AvgIpc) is 2.44. The summed E-state index contributed by atoms with van der Waals surface area (Å²) in [6, 6.07) is 10.5. The average molecular weight is 286 g/mol. The second-order valence-electron chi connectivity index (χ2n) is 4.42. The van der Waals surface area contributed by atoms with Gasteiger partial charge in [-0.3, -0.25) is 9.59 Å². The summed E-state index contributed by atoms with van der Waals surface area (Å²) < 4.78 is 0. The lowest BCUT2D eigenvalue weighted by Crippen LogP contribution is -2.29. The van der Waals surface area contributed by atoms with Crippen molar-refractivity contribution < 1.29 is 19.8 Å². The van der Waals surface area contributed by atoms with Gasteiger partial charge < -0.3 is 20.8 Å². The van der Waals surface area contributed by atoms with Crippen LogP contribution in [0.4, 0.5) is 11.4 Å². The summed E-state index contributed by atoms with van der Waals surface area (Å²) >= 11 is 0. The van der Waals surface area contributed by atoms with Crippen LogP contribution >= 0.6 is 0 Å². The lowest BCUT2D eigenvalue weighted by atomic mass is 10.2. The largest absolute Gasteiger partial charge is 0.508 e. The summed E-state index contributed by atoms with van der Waals surface area (Å²) in [7, 11) is 0. The van der Waals surface area contributed by atoms with Gasteiger partial charge >= 0.3 is 11.8 Å². The maximum absolute atomic E-state index is 11.8. The fourth-order valence-corrected chi connectivity index (χ4v) is 1.73. The molecule has 0 aromatic heterocycles. The van der Waals surface area contributed by atoms with Gasteiger partial charge in [0.15, 0.2) is 0 Å². The number of aryl methyl sites for hydroxylation is 1. The minimum atomic E-state index is -0.899. The van der Waals surface area contributed by atoms with E-state index in [9.17, 15) is 19.8 Å². The van der Waals surface area contributed by atoms with Crippen molar-refractivity contribution in [1.82, 2.24) is 0 Å². The first-order chi connectivity index (χ1) is 9.97. The molecule has 0 aliphatic heterocycles. The molecule has 2 aromatic carbocycles. The Bertz CT molecular complexity index is 698. The normalized spacial score (nSPS) is 9.95. The molecule has 0 atom stereocenters. The van der Waals surface area contributed by atoms with Gasteiger partial charge in [0.2, 0.25) is 0 Å². The highest BCUT2D eigenvalue weighted by molar-refractivity contribution is 6.43. The maximum atomic E-state index is 11.8. The Labute approximate surface area is 121 Å². The van der Waals surface area contributed by atoms with Gasteiger partial charge in [0.25, 0.3) is 0 Å². The zero-order chi connectivity index (χ0) is 15.4. The molecule has 0 aliphatic rings. The highest BCUT2D eigenvalue weighted by Crippen LogP contribution is 2.22. The van der Waals surface area contributed by atoms with Crippen molar-refractivity contribution in [1.29, 1.82) is 0 Å². The maximum Gasteiger partial charge on any atom is 0.314 e. The molecule has 0 aliphatic carbocycles. The van der Waals surface area contributed by atoms with Gasteiger partial charge in [0, 0.05) is 5.69 Å². The Morgan fingerprint density at radius 3 is 2.14 bits per heavy atom. The molecule has 21 heavy (non-hydrogen) atoms. The Morgan fingerprint density at radius 2 is 1.52 bits per heavy atom. The van der Waals surface area contributed by atoms with Crippen molar-refractivity contribution in [3.05, 3.63) is 48.0 Å². The molecule has 0 unspecified atom stereocenters. The summed E-state index contributed by atoms with van der Waals surface area (Å²) in [5.74, 6) is -1.82. The number of hydrogen-bond donors (Lipinski definition) is 4. The molecule has 108 valence electrons. The van der Waals surface area contributed by atoms with Crippen LogP contribution in [0.5, 0.6) is 11.5 Å². The molecule has 4 N–H and O–H groups in total. The number of nitrogens with one attached hydrogen (secondary N) is 2. The van der Waals surface area contributed by atoms with Gasteiger partial charge in [-0.1, -0.05) is 12.1 Å². The number of para-hydroxylation sites is 2. The number of amides is 2. The van der Waals surface area contributed by atoms with Crippen molar-refractivity contribution in [2.45, 2.75) is 6.92 Å². The monoisotopic (exact) mass is 286 g/mol. The molecule has 0 fully saturated rings. The molecule has 2 aromatic rings. The van der Waals surface area contributed by atoms with E-state index in [-0.39, 0.29) is 17.2 Å². The van der Waals surface area contributed by atoms with Gasteiger partial charge in [0.1, 0.15) is 11.5 Å². The van der Waals surface area contributed by atoms with Crippen LogP contribution in [0.15, 0.2) is 42.5 Å². The molecule has 2 amide bonds. The third kappa shape index (κ3) is 3.50. The van der Waals surface area contributed by atoms with Crippen LogP contribution < -0.4 is 10.6 Å². The Morgan fingerprint density at radius 1 is 0.905 bits per heavy atom. The van der Waals surface area contributed by atoms with E-state index in [0.29, 0.717) is 11.3 Å². The first kappa shape index (κ1) is 14.4. The van der Waals surface area contributed by atoms with Crippen molar-refractivity contribution in [2.75, 3.05) is 10.6 Å². The van der Waals surface area contributed by atoms with Crippen LogP contribution in [0.3, 0.4) is 0 Å². The highest BCUT2D eigenvalue weighted by Gasteiger charge is 2.16. The second-order valence-corrected chi connectivity index (χ2v) is 4.42. The Balaban J connectivity index is 2.06. The third-order valence-corrected chi connectivity index (χ3v) is 2.82. The van der Waals surface area contributed by atoms with E-state index in [4.69, 9.17) is 0 Å². The molecule has 0 saturated carbocycles. The summed E-state index contributed by atoms with van der Waals surface area (Å²) in [4.78, 5) is 23.6. The van der Waals surface area contributed by atoms with Crippen molar-refractivity contribution in [2.24, 2.45) is 0 Å². The number of phenols is 2. The predicted octanol–water partition coefficient (Wildman–Crippen LogP) is 1.98.